The molecule has 34 heavy (non-hydrogen) atoms. The van der Waals surface area contributed by atoms with E-state index < -0.39 is 11.1 Å². The molecule has 1 aliphatic heterocycles. The van der Waals surface area contributed by atoms with Crippen LogP contribution in [0.4, 0.5) is 5.69 Å². The fourth-order valence-corrected chi connectivity index (χ4v) is 5.00. The van der Waals surface area contributed by atoms with Crippen molar-refractivity contribution in [2.75, 3.05) is 30.8 Å². The molecule has 2 atom stereocenters. The number of ether oxygens (including phenoxy) is 2. The van der Waals surface area contributed by atoms with Gasteiger partial charge >= 0.3 is 0 Å². The highest BCUT2D eigenvalue weighted by atomic mass is 32.2. The first-order chi connectivity index (χ1) is 16.6. The van der Waals surface area contributed by atoms with Gasteiger partial charge in [0, 0.05) is 42.1 Å². The summed E-state index contributed by atoms with van der Waals surface area (Å²) in [5.41, 5.74) is 4.59. The zero-order chi connectivity index (χ0) is 23.5. The summed E-state index contributed by atoms with van der Waals surface area (Å²) in [5, 5.41) is 14.3. The van der Waals surface area contributed by atoms with Crippen LogP contribution in [0.2, 0.25) is 0 Å². The van der Waals surface area contributed by atoms with Crippen molar-refractivity contribution < 1.29 is 18.2 Å². The monoisotopic (exact) mass is 478 g/mol. The van der Waals surface area contributed by atoms with Crippen molar-refractivity contribution >= 4 is 27.7 Å². The molecule has 1 saturated heterocycles. The minimum atomic E-state index is -2.01. The van der Waals surface area contributed by atoms with Crippen molar-refractivity contribution in [1.82, 2.24) is 4.57 Å². The molecule has 1 saturated carbocycles. The highest BCUT2D eigenvalue weighted by Gasteiger charge is 2.31. The quantitative estimate of drug-likeness (QED) is 0.333. The van der Waals surface area contributed by atoms with Crippen LogP contribution in [0.3, 0.4) is 0 Å². The van der Waals surface area contributed by atoms with Crippen molar-refractivity contribution in [3.05, 3.63) is 48.0 Å². The Kier molecular flexibility index (Phi) is 6.86. The summed E-state index contributed by atoms with van der Waals surface area (Å²) >= 11 is -2.01. The normalized spacial score (nSPS) is 18.6. The Hall–Kier alpha value is -2.86. The van der Waals surface area contributed by atoms with E-state index in [1.165, 1.54) is 0 Å². The Bertz CT molecular complexity index is 1220. The Morgan fingerprint density at radius 3 is 2.71 bits per heavy atom. The molecule has 7 nitrogen and oxygen atoms in total. The minimum absolute atomic E-state index is 0.150. The molecule has 1 N–H and O–H groups in total. The molecule has 178 valence electrons. The number of hydrogen-bond donors (Lipinski definition) is 1. The van der Waals surface area contributed by atoms with Gasteiger partial charge in [0.15, 0.2) is 0 Å². The number of rotatable bonds is 10. The van der Waals surface area contributed by atoms with Crippen LogP contribution >= 0.6 is 0 Å². The number of nitrogens with one attached hydrogen (secondary N) is 1. The third kappa shape index (κ3) is 4.97. The van der Waals surface area contributed by atoms with Crippen LogP contribution in [0, 0.1) is 11.3 Å². The van der Waals surface area contributed by atoms with Gasteiger partial charge in [-0.05, 0) is 61.9 Å². The van der Waals surface area contributed by atoms with E-state index in [1.807, 2.05) is 36.4 Å². The predicted molar refractivity (Wildman–Crippen MR) is 132 cm³/mol. The maximum atomic E-state index is 10.7. The van der Waals surface area contributed by atoms with E-state index >= 15 is 0 Å². The number of fused-ring (bicyclic) bond motifs is 1. The predicted octanol–water partition coefficient (Wildman–Crippen LogP) is 4.75. The lowest BCUT2D eigenvalue weighted by Crippen LogP contribution is -2.16. The molecule has 8 heteroatoms. The van der Waals surface area contributed by atoms with Crippen molar-refractivity contribution in [2.24, 2.45) is 0 Å². The Morgan fingerprint density at radius 2 is 2.03 bits per heavy atom. The maximum absolute atomic E-state index is 10.7. The first-order valence-corrected chi connectivity index (χ1v) is 13.1. The van der Waals surface area contributed by atoms with Gasteiger partial charge in [-0.3, -0.25) is 4.21 Å². The summed E-state index contributed by atoms with van der Waals surface area (Å²) in [6, 6.07) is 16.8. The van der Waals surface area contributed by atoms with Crippen LogP contribution in [0.1, 0.15) is 43.7 Å². The summed E-state index contributed by atoms with van der Waals surface area (Å²) < 4.78 is 35.4. The van der Waals surface area contributed by atoms with Gasteiger partial charge in [-0.15, -0.1) is 0 Å². The van der Waals surface area contributed by atoms with Gasteiger partial charge in [-0.2, -0.15) is 5.26 Å². The minimum Gasteiger partial charge on any atom is -0.772 e. The Labute approximate surface area is 202 Å². The molecular weight excluding hydrogens is 450 g/mol. The molecule has 1 aromatic heterocycles. The van der Waals surface area contributed by atoms with Crippen molar-refractivity contribution in [1.29, 1.82) is 5.26 Å². The largest absolute Gasteiger partial charge is 0.772 e. The molecule has 1 unspecified atom stereocenters. The Morgan fingerprint density at radius 1 is 1.21 bits per heavy atom. The van der Waals surface area contributed by atoms with Gasteiger partial charge in [0.2, 0.25) is 0 Å². The second-order valence-electron chi connectivity index (χ2n) is 8.93. The maximum Gasteiger partial charge on any atom is 0.121 e. The molecule has 2 aliphatic rings. The van der Waals surface area contributed by atoms with E-state index in [-0.39, 0.29) is 11.9 Å². The number of aromatic nitrogens is 1. The summed E-state index contributed by atoms with van der Waals surface area (Å²) in [6.07, 6.45) is 5.04. The van der Waals surface area contributed by atoms with Crippen molar-refractivity contribution in [2.45, 2.75) is 44.2 Å². The zero-order valence-corrected chi connectivity index (χ0v) is 19.8. The number of nitrogens with zero attached hydrogens (tertiary/aromatic N) is 2. The van der Waals surface area contributed by atoms with Gasteiger partial charge in [0.25, 0.3) is 0 Å². The highest BCUT2D eigenvalue weighted by Crippen LogP contribution is 2.45. The molecule has 2 fully saturated rings. The topological polar surface area (TPSA) is 99.3 Å². The van der Waals surface area contributed by atoms with Gasteiger partial charge in [0.05, 0.1) is 22.9 Å². The molecule has 2 aromatic carbocycles. The summed E-state index contributed by atoms with van der Waals surface area (Å²) in [4.78, 5) is 0. The van der Waals surface area contributed by atoms with E-state index in [2.05, 4.69) is 22.0 Å². The lowest BCUT2D eigenvalue weighted by atomic mass is 10.1. The van der Waals surface area contributed by atoms with Gasteiger partial charge in [0.1, 0.15) is 18.4 Å². The average Bonchev–Trinajstić information content (AvgIpc) is 3.44. The third-order valence-corrected chi connectivity index (χ3v) is 7.06. The van der Waals surface area contributed by atoms with Crippen LogP contribution in [-0.2, 0) is 15.8 Å². The molecule has 0 radical (unpaired) electrons. The smallest absolute Gasteiger partial charge is 0.121 e. The molecule has 5 rings (SSSR count). The molecule has 0 bridgehead atoms. The van der Waals surface area contributed by atoms with Gasteiger partial charge in [-0.1, -0.05) is 23.2 Å². The molecule has 3 aromatic rings. The second kappa shape index (κ2) is 10.2. The lowest BCUT2D eigenvalue weighted by Gasteiger charge is -2.13. The first kappa shape index (κ1) is 22.9. The number of hydrogen-bond acceptors (Lipinski definition) is 6. The summed E-state index contributed by atoms with van der Waals surface area (Å²) in [6.45, 7) is 1.95. The fraction of sp³-hybridized carbons (Fsp3) is 0.423. The van der Waals surface area contributed by atoms with Crippen molar-refractivity contribution in [3.8, 4) is 23.1 Å². The van der Waals surface area contributed by atoms with E-state index in [0.29, 0.717) is 31.2 Å². The summed E-state index contributed by atoms with van der Waals surface area (Å²) in [7, 11) is 0. The average molecular weight is 479 g/mol. The van der Waals surface area contributed by atoms with Gasteiger partial charge in [-0.25, -0.2) is 0 Å². The van der Waals surface area contributed by atoms with Crippen LogP contribution in [0.15, 0.2) is 42.5 Å². The van der Waals surface area contributed by atoms with E-state index in [0.717, 1.165) is 65.9 Å². The Balaban J connectivity index is 1.42. The fourth-order valence-electron chi connectivity index (χ4n) is 4.62. The SMILES string of the molecule is N#Cc1c(-c2ccc(NCCCS(=O)[O-])cc2)n(C2CC2)c2cc(OC[C@H]3CCCO3)ccc12. The van der Waals surface area contributed by atoms with Crippen LogP contribution in [0.5, 0.6) is 5.75 Å². The van der Waals surface area contributed by atoms with Gasteiger partial charge < -0.3 is 23.9 Å². The molecule has 0 spiro atoms. The number of benzene rings is 2. The lowest BCUT2D eigenvalue weighted by molar-refractivity contribution is 0.0680. The molecule has 2 heterocycles. The van der Waals surface area contributed by atoms with Crippen LogP contribution in [-0.4, -0.2) is 44.9 Å². The molecule has 0 amide bonds. The van der Waals surface area contributed by atoms with E-state index in [1.54, 1.807) is 0 Å². The third-order valence-electron chi connectivity index (χ3n) is 6.43. The number of anilines is 1. The van der Waals surface area contributed by atoms with E-state index in [9.17, 15) is 14.0 Å². The van der Waals surface area contributed by atoms with Crippen molar-refractivity contribution in [3.63, 3.8) is 0 Å². The van der Waals surface area contributed by atoms with Crippen LogP contribution < -0.4 is 10.1 Å². The molecular formula is C26H28N3O4S-. The summed E-state index contributed by atoms with van der Waals surface area (Å²) in [5.74, 6) is 0.953. The van der Waals surface area contributed by atoms with Crippen LogP contribution in [0.25, 0.3) is 22.2 Å². The number of nitriles is 1. The van der Waals surface area contributed by atoms with E-state index in [4.69, 9.17) is 9.47 Å². The zero-order valence-electron chi connectivity index (χ0n) is 19.0. The molecule has 1 aliphatic carbocycles. The standard InChI is InChI=1S/C26H29N3O4S/c27-16-24-23-11-10-21(33-17-22-3-1-13-32-22)15-25(23)29(20-8-9-20)26(24)18-4-6-19(7-5-18)28-12-2-14-34(30)31/h4-7,10-11,15,20,22,28H,1-3,8-9,12-14,17H2,(H,30,31)/p-1/t22-/m1/s1. The first-order valence-electron chi connectivity index (χ1n) is 11.9. The highest BCUT2D eigenvalue weighted by molar-refractivity contribution is 7.79. The second-order valence-corrected chi connectivity index (χ2v) is 9.94.